The van der Waals surface area contributed by atoms with Gasteiger partial charge in [-0.2, -0.15) is 13.2 Å². The lowest BCUT2D eigenvalue weighted by Crippen LogP contribution is -2.60. The van der Waals surface area contributed by atoms with Gasteiger partial charge in [-0.3, -0.25) is 4.79 Å². The van der Waals surface area contributed by atoms with Gasteiger partial charge in [0.05, 0.1) is 12.6 Å². The van der Waals surface area contributed by atoms with Crippen molar-refractivity contribution >= 4 is 15.9 Å². The van der Waals surface area contributed by atoms with Crippen LogP contribution in [0.2, 0.25) is 0 Å². The molecule has 0 spiro atoms. The van der Waals surface area contributed by atoms with E-state index in [0.29, 0.717) is 12.2 Å². The summed E-state index contributed by atoms with van der Waals surface area (Å²) >= 11 is 0. The second kappa shape index (κ2) is 9.10. The molecule has 2 rings (SSSR count). The van der Waals surface area contributed by atoms with Crippen LogP contribution in [0.25, 0.3) is 0 Å². The Hall–Kier alpha value is -1.85. The van der Waals surface area contributed by atoms with Crippen LogP contribution in [0, 0.1) is 6.92 Å². The second-order valence-electron chi connectivity index (χ2n) is 6.48. The summed E-state index contributed by atoms with van der Waals surface area (Å²) in [5, 5.41) is 0. The number of alkyl halides is 3. The molecule has 0 bridgehead atoms. The largest absolute Gasteiger partial charge is 0.511 e. The number of methoxy groups -OCH3 is 1. The Kier molecular flexibility index (Phi) is 7.29. The molecule has 0 radical (unpaired) electrons. The highest BCUT2D eigenvalue weighted by molar-refractivity contribution is 7.90. The van der Waals surface area contributed by atoms with Crippen molar-refractivity contribution in [3.8, 4) is 5.75 Å². The number of carbonyl (C=O) groups excluding carboxylic acids is 1. The quantitative estimate of drug-likeness (QED) is 0.722. The first-order valence-electron chi connectivity index (χ1n) is 8.62. The lowest BCUT2D eigenvalue weighted by Gasteiger charge is -2.41. The van der Waals surface area contributed by atoms with Crippen LogP contribution in [0.15, 0.2) is 24.3 Å². The summed E-state index contributed by atoms with van der Waals surface area (Å²) in [7, 11) is -4.20. The third-order valence-corrected chi connectivity index (χ3v) is 5.72. The first-order valence-corrected chi connectivity index (χ1v) is 10.1. The van der Waals surface area contributed by atoms with Crippen molar-refractivity contribution in [3.63, 3.8) is 0 Å². The first kappa shape index (κ1) is 22.4. The Morgan fingerprint density at radius 3 is 2.61 bits per heavy atom. The zero-order valence-electron chi connectivity index (χ0n) is 15.5. The van der Waals surface area contributed by atoms with Crippen LogP contribution in [0.4, 0.5) is 13.2 Å². The fourth-order valence-electron chi connectivity index (χ4n) is 3.09. The average Bonchev–Trinajstić information content (AvgIpc) is 2.61. The van der Waals surface area contributed by atoms with E-state index >= 15 is 0 Å². The summed E-state index contributed by atoms with van der Waals surface area (Å²) in [6, 6.07) is 5.11. The van der Waals surface area contributed by atoms with Crippen molar-refractivity contribution in [2.24, 2.45) is 0 Å². The number of para-hydroxylation sites is 1. The number of ether oxygens (including phenoxy) is 2. The van der Waals surface area contributed by atoms with E-state index < -0.39 is 33.5 Å². The molecule has 2 atom stereocenters. The van der Waals surface area contributed by atoms with Gasteiger partial charge in [-0.25, -0.2) is 13.1 Å². The second-order valence-corrected chi connectivity index (χ2v) is 8.19. The smallest absolute Gasteiger partial charge is 0.484 e. The van der Waals surface area contributed by atoms with Crippen LogP contribution in [0.5, 0.6) is 5.75 Å². The van der Waals surface area contributed by atoms with Gasteiger partial charge in [0.25, 0.3) is 5.91 Å². The SMILES string of the molecule is COCC1[C@@H](NS(=O)(=O)C(F)(F)F)CCCN1C(=O)COc1ccccc1C. The summed E-state index contributed by atoms with van der Waals surface area (Å²) in [6.45, 7) is 1.66. The molecule has 0 saturated carbocycles. The summed E-state index contributed by atoms with van der Waals surface area (Å²) in [5.74, 6) is 0.0617. The molecule has 158 valence electrons. The van der Waals surface area contributed by atoms with Crippen LogP contribution < -0.4 is 9.46 Å². The summed E-state index contributed by atoms with van der Waals surface area (Å²) in [4.78, 5) is 13.9. The summed E-state index contributed by atoms with van der Waals surface area (Å²) in [5.41, 5.74) is -4.59. The molecule has 1 unspecified atom stereocenters. The number of piperidine rings is 1. The predicted octanol–water partition coefficient (Wildman–Crippen LogP) is 1.82. The van der Waals surface area contributed by atoms with E-state index in [1.165, 1.54) is 12.0 Å². The minimum Gasteiger partial charge on any atom is -0.484 e. The fourth-order valence-corrected chi connectivity index (χ4v) is 3.89. The molecule has 1 aliphatic heterocycles. The zero-order valence-corrected chi connectivity index (χ0v) is 16.3. The third-order valence-electron chi connectivity index (χ3n) is 4.49. The molecule has 1 heterocycles. The molecule has 1 N–H and O–H groups in total. The molecule has 1 saturated heterocycles. The molecule has 1 amide bonds. The van der Waals surface area contributed by atoms with E-state index in [9.17, 15) is 26.4 Å². The van der Waals surface area contributed by atoms with Crippen molar-refractivity contribution in [2.45, 2.75) is 37.4 Å². The van der Waals surface area contributed by atoms with Gasteiger partial charge in [-0.15, -0.1) is 0 Å². The lowest BCUT2D eigenvalue weighted by molar-refractivity contribution is -0.139. The van der Waals surface area contributed by atoms with E-state index in [-0.39, 0.29) is 26.2 Å². The minimum atomic E-state index is -5.53. The molecular formula is C17H23F3N2O5S. The van der Waals surface area contributed by atoms with E-state index in [0.717, 1.165) is 5.56 Å². The van der Waals surface area contributed by atoms with Crippen molar-refractivity contribution < 1.29 is 35.9 Å². The van der Waals surface area contributed by atoms with Gasteiger partial charge in [0.15, 0.2) is 6.61 Å². The standard InChI is InChI=1S/C17H23F3N2O5S/c1-12-6-3-4-8-15(12)27-11-16(23)22-9-5-7-13(14(22)10-26-2)21-28(24,25)17(18,19)20/h3-4,6,8,13-14,21H,5,7,9-11H2,1-2H3/t13-,14?/m0/s1. The highest BCUT2D eigenvalue weighted by Gasteiger charge is 2.48. The zero-order chi connectivity index (χ0) is 20.9. The van der Waals surface area contributed by atoms with E-state index in [2.05, 4.69) is 0 Å². The Morgan fingerprint density at radius 2 is 2.00 bits per heavy atom. The van der Waals surface area contributed by atoms with E-state index in [4.69, 9.17) is 9.47 Å². The number of carbonyl (C=O) groups is 1. The van der Waals surface area contributed by atoms with Gasteiger partial charge in [0.1, 0.15) is 5.75 Å². The number of sulfonamides is 1. The van der Waals surface area contributed by atoms with Crippen LogP contribution >= 0.6 is 0 Å². The maximum atomic E-state index is 12.7. The molecular weight excluding hydrogens is 401 g/mol. The number of likely N-dealkylation sites (tertiary alicyclic amines) is 1. The van der Waals surface area contributed by atoms with Gasteiger partial charge in [0, 0.05) is 19.7 Å². The summed E-state index contributed by atoms with van der Waals surface area (Å²) < 4.78 is 73.4. The number of benzene rings is 1. The van der Waals surface area contributed by atoms with Crippen LogP contribution in [0.3, 0.4) is 0 Å². The maximum Gasteiger partial charge on any atom is 0.511 e. The van der Waals surface area contributed by atoms with Gasteiger partial charge in [0.2, 0.25) is 0 Å². The van der Waals surface area contributed by atoms with Crippen LogP contribution in [-0.2, 0) is 19.6 Å². The molecule has 0 aromatic heterocycles. The summed E-state index contributed by atoms with van der Waals surface area (Å²) in [6.07, 6.45) is 0.507. The number of hydrogen-bond acceptors (Lipinski definition) is 5. The van der Waals surface area contributed by atoms with E-state index in [1.54, 1.807) is 16.9 Å². The Bertz CT molecular complexity index is 785. The van der Waals surface area contributed by atoms with Gasteiger partial charge >= 0.3 is 15.5 Å². The Morgan fingerprint density at radius 1 is 1.32 bits per heavy atom. The third kappa shape index (κ3) is 5.36. The number of nitrogens with zero attached hydrogens (tertiary/aromatic N) is 1. The molecule has 11 heteroatoms. The molecule has 28 heavy (non-hydrogen) atoms. The number of amides is 1. The molecule has 0 aliphatic carbocycles. The van der Waals surface area contributed by atoms with Crippen molar-refractivity contribution in [3.05, 3.63) is 29.8 Å². The Labute approximate surface area is 161 Å². The minimum absolute atomic E-state index is 0.110. The molecule has 1 fully saturated rings. The maximum absolute atomic E-state index is 12.7. The van der Waals surface area contributed by atoms with Crippen LogP contribution in [-0.4, -0.2) is 63.7 Å². The number of halogens is 3. The number of nitrogens with one attached hydrogen (secondary N) is 1. The van der Waals surface area contributed by atoms with Crippen molar-refractivity contribution in [2.75, 3.05) is 26.9 Å². The van der Waals surface area contributed by atoms with Crippen molar-refractivity contribution in [1.82, 2.24) is 9.62 Å². The molecule has 1 aliphatic rings. The molecule has 1 aromatic carbocycles. The normalized spacial score (nSPS) is 20.8. The Balaban J connectivity index is 2.11. The number of rotatable bonds is 7. The number of hydrogen-bond donors (Lipinski definition) is 1. The first-order chi connectivity index (χ1) is 13.1. The monoisotopic (exact) mass is 424 g/mol. The van der Waals surface area contributed by atoms with Gasteiger partial charge in [-0.1, -0.05) is 18.2 Å². The average molecular weight is 424 g/mol. The highest BCUT2D eigenvalue weighted by Crippen LogP contribution is 2.26. The number of aryl methyl sites for hydroxylation is 1. The fraction of sp³-hybridized carbons (Fsp3) is 0.588. The molecule has 1 aromatic rings. The van der Waals surface area contributed by atoms with Crippen LogP contribution in [0.1, 0.15) is 18.4 Å². The topological polar surface area (TPSA) is 84.9 Å². The predicted molar refractivity (Wildman–Crippen MR) is 95.2 cm³/mol. The highest BCUT2D eigenvalue weighted by atomic mass is 32.2. The van der Waals surface area contributed by atoms with E-state index in [1.807, 2.05) is 19.1 Å². The van der Waals surface area contributed by atoms with Gasteiger partial charge in [-0.05, 0) is 31.4 Å². The van der Waals surface area contributed by atoms with Gasteiger partial charge < -0.3 is 14.4 Å². The lowest BCUT2D eigenvalue weighted by atomic mass is 9.97. The van der Waals surface area contributed by atoms with Crippen molar-refractivity contribution in [1.29, 1.82) is 0 Å². The molecule has 7 nitrogen and oxygen atoms in total.